The number of amides is 1. The van der Waals surface area contributed by atoms with Gasteiger partial charge in [-0.05, 0) is 17.7 Å². The molecule has 98 valence electrons. The Morgan fingerprint density at radius 2 is 2.06 bits per heavy atom. The molecule has 1 N–H and O–H groups in total. The van der Waals surface area contributed by atoms with Crippen LogP contribution in [-0.2, 0) is 15.8 Å². The second kappa shape index (κ2) is 5.07. The van der Waals surface area contributed by atoms with Crippen molar-refractivity contribution < 1.29 is 27.9 Å². The Morgan fingerprint density at radius 3 is 2.50 bits per heavy atom. The van der Waals surface area contributed by atoms with Crippen LogP contribution in [0.5, 0.6) is 0 Å². The number of benzene rings is 1. The van der Waals surface area contributed by atoms with Crippen LogP contribution in [0, 0.1) is 0 Å². The summed E-state index contributed by atoms with van der Waals surface area (Å²) in [6.07, 6.45) is -4.31. The van der Waals surface area contributed by atoms with Crippen molar-refractivity contribution in [3.05, 3.63) is 35.4 Å². The molecule has 0 heterocycles. The van der Waals surface area contributed by atoms with Gasteiger partial charge in [-0.3, -0.25) is 4.79 Å². The van der Waals surface area contributed by atoms with Crippen LogP contribution in [-0.4, -0.2) is 29.4 Å². The first-order valence-corrected chi connectivity index (χ1v) is 4.84. The van der Waals surface area contributed by atoms with Gasteiger partial charge in [0.1, 0.15) is 0 Å². The minimum absolute atomic E-state index is 0.105. The maximum absolute atomic E-state index is 12.5. The molecular formula is C11H10F3NO3. The van der Waals surface area contributed by atoms with Gasteiger partial charge in [0.2, 0.25) is 6.41 Å². The molecular weight excluding hydrogens is 251 g/mol. The van der Waals surface area contributed by atoms with Crippen LogP contribution in [0.15, 0.2) is 24.3 Å². The highest BCUT2D eigenvalue weighted by molar-refractivity contribution is 5.78. The number of carbonyl (C=O) groups is 2. The number of alkyl halides is 3. The van der Waals surface area contributed by atoms with Gasteiger partial charge >= 0.3 is 12.1 Å². The molecule has 1 amide bonds. The van der Waals surface area contributed by atoms with Crippen molar-refractivity contribution in [1.29, 1.82) is 0 Å². The molecule has 0 saturated heterocycles. The number of nitrogens with zero attached hydrogens (tertiary/aromatic N) is 1. The predicted octanol–water partition coefficient (Wildman–Crippen LogP) is 1.92. The number of hydrogen-bond donors (Lipinski definition) is 1. The molecule has 0 saturated carbocycles. The zero-order valence-corrected chi connectivity index (χ0v) is 9.31. The summed E-state index contributed by atoms with van der Waals surface area (Å²) in [7, 11) is 1.19. The van der Waals surface area contributed by atoms with Crippen LogP contribution in [0.1, 0.15) is 17.2 Å². The van der Waals surface area contributed by atoms with E-state index in [1.54, 1.807) is 0 Å². The Balaban J connectivity index is 3.22. The lowest BCUT2D eigenvalue weighted by atomic mass is 10.0. The van der Waals surface area contributed by atoms with Crippen LogP contribution in [0.2, 0.25) is 0 Å². The number of hydrogen-bond acceptors (Lipinski definition) is 2. The first-order valence-electron chi connectivity index (χ1n) is 4.84. The van der Waals surface area contributed by atoms with E-state index in [-0.39, 0.29) is 12.0 Å². The minimum atomic E-state index is -4.56. The van der Waals surface area contributed by atoms with Gasteiger partial charge in [0.25, 0.3) is 0 Å². The average Bonchev–Trinajstić information content (AvgIpc) is 2.27. The average molecular weight is 261 g/mol. The highest BCUT2D eigenvalue weighted by atomic mass is 19.4. The molecule has 0 spiro atoms. The third kappa shape index (κ3) is 2.99. The number of carboxylic acid groups (broad SMARTS) is 1. The quantitative estimate of drug-likeness (QED) is 0.842. The maximum Gasteiger partial charge on any atom is 0.416 e. The van der Waals surface area contributed by atoms with E-state index in [0.717, 1.165) is 23.1 Å². The zero-order chi connectivity index (χ0) is 13.9. The fourth-order valence-corrected chi connectivity index (χ4v) is 1.50. The Labute approximate surface area is 101 Å². The molecule has 0 aliphatic carbocycles. The number of halogens is 3. The molecule has 4 nitrogen and oxygen atoms in total. The summed E-state index contributed by atoms with van der Waals surface area (Å²) in [5, 5.41) is 8.94. The lowest BCUT2D eigenvalue weighted by Crippen LogP contribution is -2.29. The van der Waals surface area contributed by atoms with Gasteiger partial charge < -0.3 is 10.0 Å². The molecule has 0 aromatic heterocycles. The third-order valence-electron chi connectivity index (χ3n) is 2.34. The first kappa shape index (κ1) is 14.0. The summed E-state index contributed by atoms with van der Waals surface area (Å²) in [6.45, 7) is 0. The van der Waals surface area contributed by atoms with E-state index >= 15 is 0 Å². The van der Waals surface area contributed by atoms with Gasteiger partial charge in [-0.1, -0.05) is 12.1 Å². The summed E-state index contributed by atoms with van der Waals surface area (Å²) < 4.78 is 37.5. The van der Waals surface area contributed by atoms with E-state index in [4.69, 9.17) is 5.11 Å². The number of carbonyl (C=O) groups excluding carboxylic acids is 1. The van der Waals surface area contributed by atoms with Gasteiger partial charge in [-0.25, -0.2) is 4.79 Å². The lowest BCUT2D eigenvalue weighted by Gasteiger charge is -2.21. The maximum atomic E-state index is 12.5. The van der Waals surface area contributed by atoms with Crippen molar-refractivity contribution in [3.63, 3.8) is 0 Å². The van der Waals surface area contributed by atoms with Crippen molar-refractivity contribution >= 4 is 12.4 Å². The predicted molar refractivity (Wildman–Crippen MR) is 55.6 cm³/mol. The molecule has 1 aromatic carbocycles. The van der Waals surface area contributed by atoms with Crippen LogP contribution in [0.4, 0.5) is 13.2 Å². The zero-order valence-electron chi connectivity index (χ0n) is 9.31. The van der Waals surface area contributed by atoms with E-state index in [9.17, 15) is 22.8 Å². The van der Waals surface area contributed by atoms with E-state index in [1.807, 2.05) is 0 Å². The molecule has 1 aromatic rings. The fourth-order valence-electron chi connectivity index (χ4n) is 1.50. The minimum Gasteiger partial charge on any atom is -0.479 e. The topological polar surface area (TPSA) is 57.6 Å². The summed E-state index contributed by atoms with van der Waals surface area (Å²) in [6, 6.07) is 2.45. The van der Waals surface area contributed by atoms with Gasteiger partial charge in [-0.15, -0.1) is 0 Å². The highest BCUT2D eigenvalue weighted by Gasteiger charge is 2.32. The van der Waals surface area contributed by atoms with E-state index < -0.39 is 23.8 Å². The van der Waals surface area contributed by atoms with Crippen LogP contribution >= 0.6 is 0 Å². The molecule has 0 radical (unpaired) electrons. The molecule has 0 bridgehead atoms. The number of rotatable bonds is 4. The van der Waals surface area contributed by atoms with E-state index in [0.29, 0.717) is 0 Å². The van der Waals surface area contributed by atoms with Gasteiger partial charge in [0.05, 0.1) is 5.56 Å². The largest absolute Gasteiger partial charge is 0.479 e. The summed E-state index contributed by atoms with van der Waals surface area (Å²) >= 11 is 0. The van der Waals surface area contributed by atoms with Crippen LogP contribution in [0.3, 0.4) is 0 Å². The second-order valence-corrected chi connectivity index (χ2v) is 3.63. The summed E-state index contributed by atoms with van der Waals surface area (Å²) in [5.41, 5.74) is -1.06. The van der Waals surface area contributed by atoms with Crippen molar-refractivity contribution in [2.75, 3.05) is 7.05 Å². The van der Waals surface area contributed by atoms with Crippen LogP contribution in [0.25, 0.3) is 0 Å². The SMILES string of the molecule is CN(C=O)C(C(=O)O)c1cccc(C(F)(F)F)c1. The Kier molecular flexibility index (Phi) is 3.95. The molecule has 0 aliphatic rings. The molecule has 1 atom stereocenters. The van der Waals surface area contributed by atoms with E-state index in [2.05, 4.69) is 0 Å². The Hall–Kier alpha value is -2.05. The molecule has 7 heteroatoms. The summed E-state index contributed by atoms with van der Waals surface area (Å²) in [4.78, 5) is 22.3. The van der Waals surface area contributed by atoms with Crippen molar-refractivity contribution in [3.8, 4) is 0 Å². The molecule has 0 aliphatic heterocycles. The van der Waals surface area contributed by atoms with E-state index in [1.165, 1.54) is 13.1 Å². The van der Waals surface area contributed by atoms with Crippen molar-refractivity contribution in [2.24, 2.45) is 0 Å². The third-order valence-corrected chi connectivity index (χ3v) is 2.34. The number of likely N-dealkylation sites (N-methyl/N-ethyl adjacent to an activating group) is 1. The summed E-state index contributed by atoms with van der Waals surface area (Å²) in [5.74, 6) is -1.40. The smallest absolute Gasteiger partial charge is 0.416 e. The normalized spacial score (nSPS) is 12.9. The van der Waals surface area contributed by atoms with Gasteiger partial charge in [0.15, 0.2) is 6.04 Å². The van der Waals surface area contributed by atoms with Crippen molar-refractivity contribution in [1.82, 2.24) is 4.90 Å². The monoisotopic (exact) mass is 261 g/mol. The molecule has 1 rings (SSSR count). The highest BCUT2D eigenvalue weighted by Crippen LogP contribution is 2.31. The first-order chi connectivity index (χ1) is 8.27. The number of aliphatic carboxylic acids is 1. The standard InChI is InChI=1S/C11H10F3NO3/c1-15(6-16)9(10(17)18)7-3-2-4-8(5-7)11(12,13)14/h2-6,9H,1H3,(H,17,18). The molecule has 0 fully saturated rings. The lowest BCUT2D eigenvalue weighted by molar-refractivity contribution is -0.146. The van der Waals surface area contributed by atoms with Crippen LogP contribution < -0.4 is 0 Å². The Bertz CT molecular complexity index is 459. The molecule has 18 heavy (non-hydrogen) atoms. The van der Waals surface area contributed by atoms with Gasteiger partial charge in [-0.2, -0.15) is 13.2 Å². The van der Waals surface area contributed by atoms with Gasteiger partial charge in [0, 0.05) is 7.05 Å². The number of carboxylic acids is 1. The second-order valence-electron chi connectivity index (χ2n) is 3.63. The fraction of sp³-hybridized carbons (Fsp3) is 0.273. The van der Waals surface area contributed by atoms with Crippen molar-refractivity contribution in [2.45, 2.75) is 12.2 Å². The molecule has 1 unspecified atom stereocenters. The Morgan fingerprint density at radius 1 is 1.44 bits per heavy atom.